The summed E-state index contributed by atoms with van der Waals surface area (Å²) in [4.78, 5) is 25.6. The maximum atomic E-state index is 12.9. The minimum atomic E-state index is -0.176. The van der Waals surface area contributed by atoms with Gasteiger partial charge in [-0.1, -0.05) is 54.6 Å². The van der Waals surface area contributed by atoms with Gasteiger partial charge >= 0.3 is 0 Å². The van der Waals surface area contributed by atoms with E-state index in [1.807, 2.05) is 31.2 Å². The fourth-order valence-electron chi connectivity index (χ4n) is 2.99. The SMILES string of the molecule is Cc1ccccc1Oc1cccc2c1C(=O)c1ccccc1C2=O. The molecule has 0 N–H and O–H groups in total. The monoisotopic (exact) mass is 314 g/mol. The Balaban J connectivity index is 1.87. The predicted octanol–water partition coefficient (Wildman–Crippen LogP) is 4.56. The molecule has 116 valence electrons. The quantitative estimate of drug-likeness (QED) is 0.544. The molecule has 4 rings (SSSR count). The molecule has 0 bridgehead atoms. The van der Waals surface area contributed by atoms with E-state index in [4.69, 9.17) is 4.74 Å². The van der Waals surface area contributed by atoms with Gasteiger partial charge in [0.1, 0.15) is 11.5 Å². The molecule has 0 aromatic heterocycles. The van der Waals surface area contributed by atoms with Gasteiger partial charge in [0.2, 0.25) is 0 Å². The second-order valence-corrected chi connectivity index (χ2v) is 5.75. The molecular weight excluding hydrogens is 300 g/mol. The fourth-order valence-corrected chi connectivity index (χ4v) is 2.99. The van der Waals surface area contributed by atoms with E-state index in [2.05, 4.69) is 0 Å². The van der Waals surface area contributed by atoms with Crippen LogP contribution in [0.3, 0.4) is 0 Å². The number of carbonyl (C=O) groups is 2. The standard InChI is InChI=1S/C21H14O3/c1-13-7-2-5-11-17(13)24-18-12-6-10-16-19(18)21(23)15-9-4-3-8-14(15)20(16)22/h2-12H,1H3. The van der Waals surface area contributed by atoms with Crippen LogP contribution in [-0.2, 0) is 0 Å². The van der Waals surface area contributed by atoms with Gasteiger partial charge in [0, 0.05) is 16.7 Å². The molecule has 3 heteroatoms. The van der Waals surface area contributed by atoms with Crippen molar-refractivity contribution < 1.29 is 14.3 Å². The van der Waals surface area contributed by atoms with Gasteiger partial charge in [0.25, 0.3) is 0 Å². The molecule has 1 aliphatic rings. The lowest BCUT2D eigenvalue weighted by Crippen LogP contribution is -2.21. The molecule has 0 heterocycles. The number of rotatable bonds is 2. The molecule has 0 fully saturated rings. The van der Waals surface area contributed by atoms with Gasteiger partial charge in [-0.25, -0.2) is 0 Å². The van der Waals surface area contributed by atoms with E-state index < -0.39 is 0 Å². The summed E-state index contributed by atoms with van der Waals surface area (Å²) < 4.78 is 5.97. The molecule has 1 aliphatic carbocycles. The lowest BCUT2D eigenvalue weighted by atomic mass is 9.83. The highest BCUT2D eigenvalue weighted by molar-refractivity contribution is 6.29. The number of hydrogen-bond donors (Lipinski definition) is 0. The lowest BCUT2D eigenvalue weighted by molar-refractivity contribution is 0.0977. The van der Waals surface area contributed by atoms with Crippen molar-refractivity contribution >= 4 is 11.6 Å². The Kier molecular flexibility index (Phi) is 3.28. The van der Waals surface area contributed by atoms with Crippen LogP contribution in [0.25, 0.3) is 0 Å². The molecule has 0 aliphatic heterocycles. The van der Waals surface area contributed by atoms with Crippen molar-refractivity contribution in [3.8, 4) is 11.5 Å². The van der Waals surface area contributed by atoms with Crippen LogP contribution in [0.5, 0.6) is 11.5 Å². The minimum Gasteiger partial charge on any atom is -0.456 e. The molecule has 3 aromatic carbocycles. The number of hydrogen-bond acceptors (Lipinski definition) is 3. The van der Waals surface area contributed by atoms with E-state index in [0.717, 1.165) is 5.56 Å². The zero-order chi connectivity index (χ0) is 16.7. The van der Waals surface area contributed by atoms with E-state index in [-0.39, 0.29) is 11.6 Å². The zero-order valence-electron chi connectivity index (χ0n) is 13.1. The topological polar surface area (TPSA) is 43.4 Å². The lowest BCUT2D eigenvalue weighted by Gasteiger charge is -2.20. The maximum absolute atomic E-state index is 12.9. The maximum Gasteiger partial charge on any atom is 0.198 e. The van der Waals surface area contributed by atoms with Crippen molar-refractivity contribution in [1.29, 1.82) is 0 Å². The van der Waals surface area contributed by atoms with E-state index in [9.17, 15) is 9.59 Å². The molecular formula is C21H14O3. The van der Waals surface area contributed by atoms with Gasteiger partial charge in [0.05, 0.1) is 5.56 Å². The van der Waals surface area contributed by atoms with Gasteiger partial charge in [-0.05, 0) is 24.6 Å². The largest absolute Gasteiger partial charge is 0.456 e. The van der Waals surface area contributed by atoms with Crippen molar-refractivity contribution in [2.75, 3.05) is 0 Å². The number of ketones is 2. The van der Waals surface area contributed by atoms with Gasteiger partial charge in [-0.15, -0.1) is 0 Å². The molecule has 0 saturated carbocycles. The fraction of sp³-hybridized carbons (Fsp3) is 0.0476. The first-order chi connectivity index (χ1) is 11.7. The summed E-state index contributed by atoms with van der Waals surface area (Å²) in [5, 5.41) is 0. The molecule has 0 radical (unpaired) electrons. The van der Waals surface area contributed by atoms with Gasteiger partial charge in [-0.3, -0.25) is 9.59 Å². The van der Waals surface area contributed by atoms with Crippen LogP contribution in [0.2, 0.25) is 0 Å². The van der Waals surface area contributed by atoms with Crippen molar-refractivity contribution in [2.45, 2.75) is 6.92 Å². The van der Waals surface area contributed by atoms with Gasteiger partial charge in [0.15, 0.2) is 11.6 Å². The van der Waals surface area contributed by atoms with Crippen LogP contribution in [0.1, 0.15) is 37.4 Å². The second-order valence-electron chi connectivity index (χ2n) is 5.75. The third-order valence-corrected chi connectivity index (χ3v) is 4.23. The number of aryl methyl sites for hydroxylation is 1. The highest BCUT2D eigenvalue weighted by atomic mass is 16.5. The summed E-state index contributed by atoms with van der Waals surface area (Å²) in [6.07, 6.45) is 0. The highest BCUT2D eigenvalue weighted by Crippen LogP contribution is 2.35. The first kappa shape index (κ1) is 14.4. The Bertz CT molecular complexity index is 986. The van der Waals surface area contributed by atoms with Crippen LogP contribution < -0.4 is 4.74 Å². The first-order valence-electron chi connectivity index (χ1n) is 7.72. The van der Waals surface area contributed by atoms with E-state index in [1.165, 1.54) is 0 Å². The van der Waals surface area contributed by atoms with Gasteiger partial charge in [-0.2, -0.15) is 0 Å². The minimum absolute atomic E-state index is 0.143. The van der Waals surface area contributed by atoms with Crippen LogP contribution in [0, 0.1) is 6.92 Å². The number of ether oxygens (including phenoxy) is 1. The summed E-state index contributed by atoms with van der Waals surface area (Å²) in [6.45, 7) is 1.94. The number of carbonyl (C=O) groups excluding carboxylic acids is 2. The third-order valence-electron chi connectivity index (χ3n) is 4.23. The van der Waals surface area contributed by atoms with Crippen molar-refractivity contribution in [1.82, 2.24) is 0 Å². The summed E-state index contributed by atoms with van der Waals surface area (Å²) in [7, 11) is 0. The predicted molar refractivity (Wildman–Crippen MR) is 91.0 cm³/mol. The number of fused-ring (bicyclic) bond motifs is 2. The smallest absolute Gasteiger partial charge is 0.198 e. The Morgan fingerprint density at radius 1 is 0.625 bits per heavy atom. The van der Waals surface area contributed by atoms with Crippen LogP contribution in [-0.4, -0.2) is 11.6 Å². The van der Waals surface area contributed by atoms with Crippen molar-refractivity contribution in [3.05, 3.63) is 94.5 Å². The summed E-state index contributed by atoms with van der Waals surface area (Å²) >= 11 is 0. The Morgan fingerprint density at radius 2 is 1.21 bits per heavy atom. The Labute approximate surface area is 139 Å². The molecule has 0 atom stereocenters. The zero-order valence-corrected chi connectivity index (χ0v) is 13.1. The molecule has 0 unspecified atom stereocenters. The summed E-state index contributed by atoms with van der Waals surface area (Å²) in [5.74, 6) is 0.763. The molecule has 24 heavy (non-hydrogen) atoms. The van der Waals surface area contributed by atoms with Crippen LogP contribution >= 0.6 is 0 Å². The third kappa shape index (κ3) is 2.14. The number of para-hydroxylation sites is 1. The van der Waals surface area contributed by atoms with E-state index >= 15 is 0 Å². The normalized spacial score (nSPS) is 12.5. The second kappa shape index (κ2) is 5.46. The molecule has 0 spiro atoms. The summed E-state index contributed by atoms with van der Waals surface area (Å²) in [5.41, 5.74) is 2.57. The molecule has 0 amide bonds. The Morgan fingerprint density at radius 3 is 1.96 bits per heavy atom. The van der Waals surface area contributed by atoms with Crippen molar-refractivity contribution in [2.24, 2.45) is 0 Å². The van der Waals surface area contributed by atoms with Gasteiger partial charge < -0.3 is 4.74 Å². The van der Waals surface area contributed by atoms with E-state index in [0.29, 0.717) is 33.8 Å². The van der Waals surface area contributed by atoms with E-state index in [1.54, 1.807) is 42.5 Å². The molecule has 0 saturated heterocycles. The van der Waals surface area contributed by atoms with Crippen LogP contribution in [0.4, 0.5) is 0 Å². The highest BCUT2D eigenvalue weighted by Gasteiger charge is 2.32. The Hall–Kier alpha value is -3.20. The molecule has 3 nitrogen and oxygen atoms in total. The van der Waals surface area contributed by atoms with Crippen LogP contribution in [0.15, 0.2) is 66.7 Å². The first-order valence-corrected chi connectivity index (χ1v) is 7.72. The average Bonchev–Trinajstić information content (AvgIpc) is 2.61. The summed E-state index contributed by atoms with van der Waals surface area (Å²) in [6, 6.07) is 19.6. The molecule has 3 aromatic rings. The van der Waals surface area contributed by atoms with Crippen molar-refractivity contribution in [3.63, 3.8) is 0 Å². The average molecular weight is 314 g/mol. The number of benzene rings is 3.